The lowest BCUT2D eigenvalue weighted by atomic mass is 9.58. The summed E-state index contributed by atoms with van der Waals surface area (Å²) in [6.07, 6.45) is 7.17. The topological polar surface area (TPSA) is 101 Å². The predicted molar refractivity (Wildman–Crippen MR) is 135 cm³/mol. The number of aromatic amines is 1. The van der Waals surface area contributed by atoms with E-state index in [1.165, 1.54) is 6.20 Å². The molecule has 8 nitrogen and oxygen atoms in total. The first kappa shape index (κ1) is 22.8. The lowest BCUT2D eigenvalue weighted by Crippen LogP contribution is -2.43. The Labute approximate surface area is 208 Å². The molecule has 3 heterocycles. The molecule has 9 heteroatoms. The minimum Gasteiger partial charge on any atom is -0.357 e. The van der Waals surface area contributed by atoms with Crippen LogP contribution in [-0.4, -0.2) is 36.2 Å². The monoisotopic (exact) mass is 487 g/mol. The third-order valence-electron chi connectivity index (χ3n) is 7.82. The first-order chi connectivity index (χ1) is 17.3. The highest BCUT2D eigenvalue weighted by Gasteiger charge is 2.48. The number of hydrogen-bond acceptors (Lipinski definition) is 5. The van der Waals surface area contributed by atoms with Crippen LogP contribution in [0.2, 0.25) is 0 Å². The molecule has 2 aliphatic rings. The summed E-state index contributed by atoms with van der Waals surface area (Å²) < 4.78 is 16.4. The number of pyridine rings is 1. The molecule has 6 rings (SSSR count). The van der Waals surface area contributed by atoms with E-state index in [2.05, 4.69) is 50.7 Å². The van der Waals surface area contributed by atoms with Crippen molar-refractivity contribution in [3.8, 4) is 0 Å². The number of aryl methyl sites for hydroxylation is 1. The minimum absolute atomic E-state index is 0.112. The van der Waals surface area contributed by atoms with Gasteiger partial charge in [-0.15, -0.1) is 10.2 Å². The van der Waals surface area contributed by atoms with E-state index in [0.29, 0.717) is 23.7 Å². The quantitative estimate of drug-likeness (QED) is 0.358. The Kier molecular flexibility index (Phi) is 5.22. The van der Waals surface area contributed by atoms with Crippen molar-refractivity contribution in [1.82, 2.24) is 30.0 Å². The van der Waals surface area contributed by atoms with Gasteiger partial charge < -0.3 is 20.2 Å². The number of nitrogens with one attached hydrogen (secondary N) is 3. The maximum absolute atomic E-state index is 14.5. The molecule has 2 saturated carbocycles. The number of H-pyrrole nitrogens is 1. The lowest BCUT2D eigenvalue weighted by Gasteiger charge is -2.46. The zero-order chi connectivity index (χ0) is 25.1. The van der Waals surface area contributed by atoms with E-state index < -0.39 is 5.82 Å². The summed E-state index contributed by atoms with van der Waals surface area (Å²) in [5.74, 6) is 0.672. The summed E-state index contributed by atoms with van der Waals surface area (Å²) in [4.78, 5) is 20.6. The van der Waals surface area contributed by atoms with Gasteiger partial charge in [0.1, 0.15) is 23.4 Å². The Hall–Kier alpha value is -3.59. The highest BCUT2D eigenvalue weighted by atomic mass is 19.1. The van der Waals surface area contributed by atoms with Crippen molar-refractivity contribution in [2.24, 2.45) is 13.0 Å². The first-order valence-electron chi connectivity index (χ1n) is 12.4. The van der Waals surface area contributed by atoms with Crippen LogP contribution in [0, 0.1) is 11.7 Å². The van der Waals surface area contributed by atoms with Crippen LogP contribution in [0.3, 0.4) is 0 Å². The zero-order valence-electron chi connectivity index (χ0n) is 20.7. The van der Waals surface area contributed by atoms with Crippen LogP contribution in [0.15, 0.2) is 42.9 Å². The number of rotatable bonds is 7. The molecule has 1 amide bonds. The van der Waals surface area contributed by atoms with Gasteiger partial charge >= 0.3 is 0 Å². The molecular weight excluding hydrogens is 457 g/mol. The van der Waals surface area contributed by atoms with Crippen LogP contribution < -0.4 is 10.6 Å². The van der Waals surface area contributed by atoms with Crippen LogP contribution in [0.4, 0.5) is 10.1 Å². The number of hydrogen-bond donors (Lipinski definition) is 3. The Bertz CT molecular complexity index is 1460. The van der Waals surface area contributed by atoms with Gasteiger partial charge in [-0.25, -0.2) is 9.37 Å². The largest absolute Gasteiger partial charge is 0.357 e. The summed E-state index contributed by atoms with van der Waals surface area (Å²) in [5, 5.41) is 15.0. The molecule has 0 saturated heterocycles. The Morgan fingerprint density at radius 2 is 2.08 bits per heavy atom. The Balaban J connectivity index is 1.29. The molecule has 0 aliphatic heterocycles. The van der Waals surface area contributed by atoms with Crippen LogP contribution in [0.5, 0.6) is 0 Å². The molecule has 0 unspecified atom stereocenters. The number of fused-ring (bicyclic) bond motifs is 1. The van der Waals surface area contributed by atoms with E-state index in [-0.39, 0.29) is 28.1 Å². The highest BCUT2D eigenvalue weighted by molar-refractivity contribution is 6.04. The predicted octanol–water partition coefficient (Wildman–Crippen LogP) is 4.44. The van der Waals surface area contributed by atoms with Crippen LogP contribution in [0.25, 0.3) is 11.0 Å². The molecule has 36 heavy (non-hydrogen) atoms. The van der Waals surface area contributed by atoms with Gasteiger partial charge in [0.2, 0.25) is 0 Å². The van der Waals surface area contributed by atoms with Gasteiger partial charge in [-0.1, -0.05) is 19.1 Å². The maximum atomic E-state index is 14.5. The SMILES string of the molecule is CC1CC(c2cccc(NC(=O)c3cc(CNC4(C)CC4)c4[nH]cc(F)c4n3)c2)(c2nncn2C)C1. The molecule has 1 aromatic carbocycles. The number of anilines is 1. The van der Waals surface area contributed by atoms with Gasteiger partial charge in [-0.05, 0) is 67.9 Å². The second-order valence-electron chi connectivity index (χ2n) is 10.8. The second-order valence-corrected chi connectivity index (χ2v) is 10.8. The molecule has 0 radical (unpaired) electrons. The number of halogens is 1. The van der Waals surface area contributed by atoms with Crippen molar-refractivity contribution in [2.75, 3.05) is 5.32 Å². The molecule has 3 aromatic heterocycles. The molecule has 2 aliphatic carbocycles. The number of carbonyl (C=O) groups is 1. The summed E-state index contributed by atoms with van der Waals surface area (Å²) in [7, 11) is 1.96. The van der Waals surface area contributed by atoms with Gasteiger partial charge in [0.15, 0.2) is 5.82 Å². The van der Waals surface area contributed by atoms with Crippen LogP contribution >= 0.6 is 0 Å². The van der Waals surface area contributed by atoms with Crippen molar-refractivity contribution in [3.05, 3.63) is 71.3 Å². The van der Waals surface area contributed by atoms with Crippen molar-refractivity contribution in [1.29, 1.82) is 0 Å². The average molecular weight is 488 g/mol. The fourth-order valence-corrected chi connectivity index (χ4v) is 5.55. The number of carbonyl (C=O) groups excluding carboxylic acids is 1. The van der Waals surface area contributed by atoms with Crippen molar-refractivity contribution >= 4 is 22.6 Å². The Morgan fingerprint density at radius 1 is 1.28 bits per heavy atom. The molecule has 0 bridgehead atoms. The van der Waals surface area contributed by atoms with Crippen LogP contribution in [0.1, 0.15) is 67.0 Å². The maximum Gasteiger partial charge on any atom is 0.274 e. The van der Waals surface area contributed by atoms with E-state index in [9.17, 15) is 9.18 Å². The fourth-order valence-electron chi connectivity index (χ4n) is 5.55. The van der Waals surface area contributed by atoms with E-state index in [0.717, 1.165) is 42.6 Å². The summed E-state index contributed by atoms with van der Waals surface area (Å²) >= 11 is 0. The lowest BCUT2D eigenvalue weighted by molar-refractivity contribution is 0.102. The van der Waals surface area contributed by atoms with Gasteiger partial charge in [-0.2, -0.15) is 0 Å². The second kappa shape index (κ2) is 8.23. The van der Waals surface area contributed by atoms with Gasteiger partial charge in [0, 0.05) is 31.0 Å². The van der Waals surface area contributed by atoms with E-state index in [4.69, 9.17) is 0 Å². The van der Waals surface area contributed by atoms with Crippen molar-refractivity contribution in [3.63, 3.8) is 0 Å². The van der Waals surface area contributed by atoms with Crippen molar-refractivity contribution < 1.29 is 9.18 Å². The molecule has 2 fully saturated rings. The summed E-state index contributed by atoms with van der Waals surface area (Å²) in [6, 6.07) is 9.63. The number of aromatic nitrogens is 5. The third kappa shape index (κ3) is 3.87. The highest BCUT2D eigenvalue weighted by Crippen LogP contribution is 2.51. The van der Waals surface area contributed by atoms with Crippen LogP contribution in [-0.2, 0) is 19.0 Å². The molecule has 0 atom stereocenters. The standard InChI is InChI=1S/C27H30FN7O/c1-16-11-27(12-16,25-34-31-15-35(25)3)18-5-4-6-19(10-18)32-24(36)21-9-17(13-30-26(2)7-8-26)22-23(33-21)20(28)14-29-22/h4-6,9-10,14-16,29-30H,7-8,11-13H2,1-3H3,(H,32,36). The molecule has 186 valence electrons. The molecule has 3 N–H and O–H groups in total. The number of benzene rings is 1. The minimum atomic E-state index is -0.467. The average Bonchev–Trinajstić information content (AvgIpc) is 3.23. The van der Waals surface area contributed by atoms with E-state index >= 15 is 0 Å². The van der Waals surface area contributed by atoms with Gasteiger partial charge in [0.05, 0.1) is 10.9 Å². The van der Waals surface area contributed by atoms with E-state index in [1.54, 1.807) is 12.4 Å². The molecule has 0 spiro atoms. The summed E-state index contributed by atoms with van der Waals surface area (Å²) in [5.41, 5.74) is 3.45. The van der Waals surface area contributed by atoms with Gasteiger partial charge in [-0.3, -0.25) is 4.79 Å². The Morgan fingerprint density at radius 3 is 2.78 bits per heavy atom. The normalized spacial score (nSPS) is 22.4. The molecular formula is C27H30FN7O. The molecule has 4 aromatic rings. The van der Waals surface area contributed by atoms with Crippen molar-refractivity contribution in [2.45, 2.75) is 57.0 Å². The zero-order valence-corrected chi connectivity index (χ0v) is 20.7. The van der Waals surface area contributed by atoms with Gasteiger partial charge in [0.25, 0.3) is 5.91 Å². The van der Waals surface area contributed by atoms with E-state index in [1.807, 2.05) is 29.8 Å². The third-order valence-corrected chi connectivity index (χ3v) is 7.82. The smallest absolute Gasteiger partial charge is 0.274 e. The number of amides is 1. The number of nitrogens with zero attached hydrogens (tertiary/aromatic N) is 4. The first-order valence-corrected chi connectivity index (χ1v) is 12.4. The summed E-state index contributed by atoms with van der Waals surface area (Å²) in [6.45, 7) is 4.93. The fraction of sp³-hybridized carbons (Fsp3) is 0.407.